The number of nitrogens with zero attached hydrogens (tertiary/aromatic N) is 2. The van der Waals surface area contributed by atoms with Gasteiger partial charge < -0.3 is 14.2 Å². The molecule has 0 unspecified atom stereocenters. The summed E-state index contributed by atoms with van der Waals surface area (Å²) in [6.45, 7) is 6.20. The van der Waals surface area contributed by atoms with Crippen molar-refractivity contribution in [2.45, 2.75) is 40.0 Å². The molecular weight excluding hydrogens is 260 g/mol. The molecule has 0 aliphatic carbocycles. The van der Waals surface area contributed by atoms with Gasteiger partial charge in [0.25, 0.3) is 0 Å². The van der Waals surface area contributed by atoms with E-state index >= 15 is 0 Å². The van der Waals surface area contributed by atoms with E-state index in [1.165, 1.54) is 0 Å². The van der Waals surface area contributed by atoms with Crippen molar-refractivity contribution in [1.82, 2.24) is 10.1 Å². The summed E-state index contributed by atoms with van der Waals surface area (Å²) in [5.41, 5.74) is 1.81. The van der Waals surface area contributed by atoms with Gasteiger partial charge in [0.1, 0.15) is 5.76 Å². The monoisotopic (exact) mass is 282 g/mol. The van der Waals surface area contributed by atoms with E-state index in [-0.39, 0.29) is 18.3 Å². The number of esters is 1. The second-order valence-corrected chi connectivity index (χ2v) is 4.67. The van der Waals surface area contributed by atoms with Crippen LogP contribution in [-0.2, 0) is 20.7 Å². The third kappa shape index (κ3) is 4.68. The lowest BCUT2D eigenvalue weighted by atomic mass is 10.1. The molecule has 0 saturated heterocycles. The number of hydrogen-bond donors (Lipinski definition) is 0. The number of hydrogen-bond acceptors (Lipinski definition) is 5. The Hall–Kier alpha value is -1.85. The zero-order valence-corrected chi connectivity index (χ0v) is 12.6. The lowest BCUT2D eigenvalue weighted by Gasteiger charge is -2.16. The van der Waals surface area contributed by atoms with E-state index in [9.17, 15) is 9.59 Å². The molecule has 0 N–H and O–H groups in total. The predicted octanol–water partition coefficient (Wildman–Crippen LogP) is 1.64. The normalized spacial score (nSPS) is 10.4. The zero-order valence-electron chi connectivity index (χ0n) is 12.6. The number of aryl methyl sites for hydroxylation is 2. The first-order chi connectivity index (χ1) is 9.45. The van der Waals surface area contributed by atoms with Crippen LogP contribution in [0.3, 0.4) is 0 Å². The van der Waals surface area contributed by atoms with E-state index in [0.717, 1.165) is 17.0 Å². The fraction of sp³-hybridized carbons (Fsp3) is 0.643. The molecule has 6 heteroatoms. The first-order valence-electron chi connectivity index (χ1n) is 6.77. The van der Waals surface area contributed by atoms with Crippen molar-refractivity contribution < 1.29 is 18.8 Å². The van der Waals surface area contributed by atoms with Gasteiger partial charge in [-0.3, -0.25) is 9.59 Å². The minimum Gasteiger partial charge on any atom is -0.466 e. The zero-order chi connectivity index (χ0) is 15.1. The SMILES string of the molecule is CCOC(=O)CCN(C)C(=O)CCc1c(C)noc1C. The molecule has 0 saturated carbocycles. The molecule has 0 radical (unpaired) electrons. The third-order valence-electron chi connectivity index (χ3n) is 3.15. The molecule has 1 amide bonds. The van der Waals surface area contributed by atoms with Gasteiger partial charge in [-0.05, 0) is 27.2 Å². The maximum absolute atomic E-state index is 12.0. The summed E-state index contributed by atoms with van der Waals surface area (Å²) in [5.74, 6) is 0.469. The summed E-state index contributed by atoms with van der Waals surface area (Å²) in [7, 11) is 1.69. The average molecular weight is 282 g/mol. The van der Waals surface area contributed by atoms with Crippen LogP contribution in [0.1, 0.15) is 36.8 Å². The maximum Gasteiger partial charge on any atom is 0.307 e. The van der Waals surface area contributed by atoms with Gasteiger partial charge in [0, 0.05) is 25.6 Å². The molecule has 0 spiro atoms. The van der Waals surface area contributed by atoms with Crippen molar-refractivity contribution in [2.75, 3.05) is 20.2 Å². The Morgan fingerprint density at radius 1 is 1.30 bits per heavy atom. The molecular formula is C14H22N2O4. The van der Waals surface area contributed by atoms with Crippen LogP contribution < -0.4 is 0 Å². The predicted molar refractivity (Wildman–Crippen MR) is 73.2 cm³/mol. The molecule has 1 heterocycles. The van der Waals surface area contributed by atoms with Crippen LogP contribution in [0.2, 0.25) is 0 Å². The van der Waals surface area contributed by atoms with E-state index in [1.807, 2.05) is 13.8 Å². The molecule has 112 valence electrons. The van der Waals surface area contributed by atoms with E-state index in [2.05, 4.69) is 5.16 Å². The van der Waals surface area contributed by atoms with Crippen molar-refractivity contribution in [3.8, 4) is 0 Å². The Labute approximate surface area is 119 Å². The van der Waals surface area contributed by atoms with Crippen LogP contribution in [0.4, 0.5) is 0 Å². The van der Waals surface area contributed by atoms with Gasteiger partial charge in [-0.2, -0.15) is 0 Å². The van der Waals surface area contributed by atoms with Gasteiger partial charge in [0.15, 0.2) is 0 Å². The Morgan fingerprint density at radius 3 is 2.55 bits per heavy atom. The highest BCUT2D eigenvalue weighted by molar-refractivity contribution is 5.77. The van der Waals surface area contributed by atoms with Gasteiger partial charge in [-0.25, -0.2) is 0 Å². The van der Waals surface area contributed by atoms with Crippen LogP contribution in [0.5, 0.6) is 0 Å². The standard InChI is InChI=1S/C14H22N2O4/c1-5-19-14(18)8-9-16(4)13(17)7-6-12-10(2)15-20-11(12)3/h5-9H2,1-4H3. The quantitative estimate of drug-likeness (QED) is 0.711. The van der Waals surface area contributed by atoms with Gasteiger partial charge in [-0.15, -0.1) is 0 Å². The lowest BCUT2D eigenvalue weighted by molar-refractivity contribution is -0.143. The molecule has 6 nitrogen and oxygen atoms in total. The number of carbonyl (C=O) groups is 2. The number of rotatable bonds is 7. The Morgan fingerprint density at radius 2 is 2.00 bits per heavy atom. The molecule has 1 aromatic rings. The third-order valence-corrected chi connectivity index (χ3v) is 3.15. The molecule has 0 atom stereocenters. The smallest absolute Gasteiger partial charge is 0.307 e. The fourth-order valence-corrected chi connectivity index (χ4v) is 1.90. The number of aromatic nitrogens is 1. The number of ether oxygens (including phenoxy) is 1. The topological polar surface area (TPSA) is 72.6 Å². The molecule has 20 heavy (non-hydrogen) atoms. The van der Waals surface area contributed by atoms with E-state index < -0.39 is 0 Å². The van der Waals surface area contributed by atoms with Crippen molar-refractivity contribution >= 4 is 11.9 Å². The first kappa shape index (κ1) is 16.2. The summed E-state index contributed by atoms with van der Waals surface area (Å²) in [6, 6.07) is 0. The summed E-state index contributed by atoms with van der Waals surface area (Å²) >= 11 is 0. The Balaban J connectivity index is 2.37. The summed E-state index contributed by atoms with van der Waals surface area (Å²) in [5, 5.41) is 3.86. The molecule has 1 rings (SSSR count). The lowest BCUT2D eigenvalue weighted by Crippen LogP contribution is -2.29. The average Bonchev–Trinajstić information content (AvgIpc) is 2.73. The highest BCUT2D eigenvalue weighted by Gasteiger charge is 2.14. The van der Waals surface area contributed by atoms with E-state index in [4.69, 9.17) is 9.26 Å². The maximum atomic E-state index is 12.0. The second-order valence-electron chi connectivity index (χ2n) is 4.67. The molecule has 0 aromatic carbocycles. The molecule has 0 aliphatic heterocycles. The first-order valence-corrected chi connectivity index (χ1v) is 6.77. The molecule has 0 aliphatic rings. The minimum atomic E-state index is -0.280. The van der Waals surface area contributed by atoms with Gasteiger partial charge in [0.2, 0.25) is 5.91 Å². The molecule has 1 aromatic heterocycles. The van der Waals surface area contributed by atoms with Crippen LogP contribution in [0, 0.1) is 13.8 Å². The highest BCUT2D eigenvalue weighted by Crippen LogP contribution is 2.14. The molecule has 0 fully saturated rings. The van der Waals surface area contributed by atoms with E-state index in [1.54, 1.807) is 18.9 Å². The number of carbonyl (C=O) groups excluding carboxylic acids is 2. The van der Waals surface area contributed by atoms with Crippen molar-refractivity contribution in [1.29, 1.82) is 0 Å². The van der Waals surface area contributed by atoms with Crippen molar-refractivity contribution in [3.05, 3.63) is 17.0 Å². The van der Waals surface area contributed by atoms with E-state index in [0.29, 0.717) is 26.0 Å². The van der Waals surface area contributed by atoms with Gasteiger partial charge in [-0.1, -0.05) is 5.16 Å². The Bertz CT molecular complexity index is 448. The summed E-state index contributed by atoms with van der Waals surface area (Å²) < 4.78 is 9.88. The van der Waals surface area contributed by atoms with Crippen LogP contribution in [0.25, 0.3) is 0 Å². The van der Waals surface area contributed by atoms with Crippen LogP contribution >= 0.6 is 0 Å². The summed E-state index contributed by atoms with van der Waals surface area (Å²) in [4.78, 5) is 24.7. The molecule has 0 bridgehead atoms. The fourth-order valence-electron chi connectivity index (χ4n) is 1.90. The second kappa shape index (κ2) is 7.67. The number of amides is 1. The highest BCUT2D eigenvalue weighted by atomic mass is 16.5. The van der Waals surface area contributed by atoms with Crippen molar-refractivity contribution in [2.24, 2.45) is 0 Å². The van der Waals surface area contributed by atoms with Gasteiger partial charge in [0.05, 0.1) is 18.7 Å². The van der Waals surface area contributed by atoms with Gasteiger partial charge >= 0.3 is 5.97 Å². The largest absolute Gasteiger partial charge is 0.466 e. The van der Waals surface area contributed by atoms with Crippen molar-refractivity contribution in [3.63, 3.8) is 0 Å². The minimum absolute atomic E-state index is 0.00528. The van der Waals surface area contributed by atoms with Crippen LogP contribution in [-0.4, -0.2) is 42.1 Å². The van der Waals surface area contributed by atoms with Crippen LogP contribution in [0.15, 0.2) is 4.52 Å². The summed E-state index contributed by atoms with van der Waals surface area (Å²) in [6.07, 6.45) is 1.20. The Kier molecular flexibility index (Phi) is 6.21.